The molecule has 1 rings (SSSR count). The summed E-state index contributed by atoms with van der Waals surface area (Å²) in [6, 6.07) is 0. The highest BCUT2D eigenvalue weighted by atomic mass is 16.5. The highest BCUT2D eigenvalue weighted by molar-refractivity contribution is 5.87. The van der Waals surface area contributed by atoms with E-state index in [-0.39, 0.29) is 19.3 Å². The fraction of sp³-hybridized carbons (Fsp3) is 0.833. The highest BCUT2D eigenvalue weighted by Gasteiger charge is 2.35. The Morgan fingerprint density at radius 3 is 2.50 bits per heavy atom. The van der Waals surface area contributed by atoms with Crippen LogP contribution in [0.4, 0.5) is 0 Å². The number of amides is 1. The lowest BCUT2D eigenvalue weighted by Crippen LogP contribution is -2.56. The van der Waals surface area contributed by atoms with Gasteiger partial charge in [0.05, 0.1) is 12.7 Å². The van der Waals surface area contributed by atoms with Crippen molar-refractivity contribution in [3.05, 3.63) is 0 Å². The van der Waals surface area contributed by atoms with Crippen molar-refractivity contribution in [3.8, 4) is 0 Å². The summed E-state index contributed by atoms with van der Waals surface area (Å²) in [4.78, 5) is 22.7. The highest BCUT2D eigenvalue weighted by Crippen LogP contribution is 2.20. The summed E-state index contributed by atoms with van der Waals surface area (Å²) < 4.78 is 10.2. The third-order valence-electron chi connectivity index (χ3n) is 3.07. The van der Waals surface area contributed by atoms with E-state index in [0.717, 1.165) is 25.7 Å². The lowest BCUT2D eigenvalue weighted by atomic mass is 10.0. The van der Waals surface area contributed by atoms with Crippen LogP contribution in [0.3, 0.4) is 0 Å². The standard InChI is InChI=1S/C12H21NO5/c1-12(8-17-2,11(15)16)13-10(14)7-18-9-5-3-4-6-9/h9H,3-8H2,1-2H3,(H,13,14)(H,15,16). The molecule has 0 aliphatic heterocycles. The van der Waals surface area contributed by atoms with Gasteiger partial charge in [-0.15, -0.1) is 0 Å². The second kappa shape index (κ2) is 6.70. The monoisotopic (exact) mass is 259 g/mol. The van der Waals surface area contributed by atoms with Gasteiger partial charge in [0.2, 0.25) is 5.91 Å². The van der Waals surface area contributed by atoms with E-state index >= 15 is 0 Å². The smallest absolute Gasteiger partial charge is 0.331 e. The number of nitrogens with one attached hydrogen (secondary N) is 1. The zero-order valence-corrected chi connectivity index (χ0v) is 10.9. The normalized spacial score (nSPS) is 19.4. The van der Waals surface area contributed by atoms with Crippen LogP contribution >= 0.6 is 0 Å². The van der Waals surface area contributed by atoms with E-state index in [2.05, 4.69) is 5.32 Å². The second-order valence-electron chi connectivity index (χ2n) is 4.84. The van der Waals surface area contributed by atoms with Crippen LogP contribution in [0.15, 0.2) is 0 Å². The molecular formula is C12H21NO5. The minimum absolute atomic E-state index is 0.0858. The second-order valence-corrected chi connectivity index (χ2v) is 4.84. The third-order valence-corrected chi connectivity index (χ3v) is 3.07. The number of carboxylic acids is 1. The van der Waals surface area contributed by atoms with Crippen molar-refractivity contribution >= 4 is 11.9 Å². The first-order valence-electron chi connectivity index (χ1n) is 6.13. The molecule has 1 saturated carbocycles. The molecule has 18 heavy (non-hydrogen) atoms. The molecule has 1 aliphatic carbocycles. The first-order valence-corrected chi connectivity index (χ1v) is 6.13. The van der Waals surface area contributed by atoms with Crippen LogP contribution in [0.2, 0.25) is 0 Å². The number of hydrogen-bond acceptors (Lipinski definition) is 4. The number of aliphatic carboxylic acids is 1. The summed E-state index contributed by atoms with van der Waals surface area (Å²) in [7, 11) is 1.39. The molecule has 0 aromatic carbocycles. The van der Waals surface area contributed by atoms with E-state index in [1.54, 1.807) is 0 Å². The zero-order valence-electron chi connectivity index (χ0n) is 10.9. The number of hydrogen-bond donors (Lipinski definition) is 2. The SMILES string of the molecule is COCC(C)(NC(=O)COC1CCCC1)C(=O)O. The van der Waals surface area contributed by atoms with Gasteiger partial charge in [-0.3, -0.25) is 4.79 Å². The summed E-state index contributed by atoms with van der Waals surface area (Å²) in [5.74, 6) is -1.55. The quantitative estimate of drug-likeness (QED) is 0.697. The molecule has 0 spiro atoms. The van der Waals surface area contributed by atoms with Gasteiger partial charge >= 0.3 is 5.97 Å². The summed E-state index contributed by atoms with van der Waals surface area (Å²) >= 11 is 0. The molecule has 0 heterocycles. The fourth-order valence-corrected chi connectivity index (χ4v) is 2.03. The molecule has 0 aromatic rings. The van der Waals surface area contributed by atoms with Crippen molar-refractivity contribution in [1.29, 1.82) is 0 Å². The minimum atomic E-state index is -1.41. The number of methoxy groups -OCH3 is 1. The topological polar surface area (TPSA) is 84.9 Å². The van der Waals surface area contributed by atoms with Crippen LogP contribution < -0.4 is 5.32 Å². The molecule has 0 saturated heterocycles. The van der Waals surface area contributed by atoms with Crippen molar-refractivity contribution in [3.63, 3.8) is 0 Å². The Morgan fingerprint density at radius 2 is 2.00 bits per heavy atom. The number of carboxylic acid groups (broad SMARTS) is 1. The first-order chi connectivity index (χ1) is 8.48. The molecule has 0 radical (unpaired) electrons. The number of carbonyl (C=O) groups is 2. The van der Waals surface area contributed by atoms with Crippen LogP contribution in [0.1, 0.15) is 32.6 Å². The molecule has 2 N–H and O–H groups in total. The van der Waals surface area contributed by atoms with Gasteiger partial charge in [0, 0.05) is 7.11 Å². The maximum absolute atomic E-state index is 11.6. The third kappa shape index (κ3) is 4.27. The number of carbonyl (C=O) groups excluding carboxylic acids is 1. The molecule has 6 nitrogen and oxygen atoms in total. The Hall–Kier alpha value is -1.14. The van der Waals surface area contributed by atoms with Crippen molar-refractivity contribution in [2.24, 2.45) is 0 Å². The van der Waals surface area contributed by atoms with Crippen LogP contribution in [-0.2, 0) is 19.1 Å². The fourth-order valence-electron chi connectivity index (χ4n) is 2.03. The van der Waals surface area contributed by atoms with Crippen LogP contribution in [0.5, 0.6) is 0 Å². The maximum Gasteiger partial charge on any atom is 0.331 e. The molecule has 0 bridgehead atoms. The molecule has 1 atom stereocenters. The van der Waals surface area contributed by atoms with Gasteiger partial charge in [0.1, 0.15) is 6.61 Å². The predicted octanol–water partition coefficient (Wildman–Crippen LogP) is 0.551. The lowest BCUT2D eigenvalue weighted by molar-refractivity contribution is -0.150. The number of ether oxygens (including phenoxy) is 2. The van der Waals surface area contributed by atoms with Crippen LogP contribution in [0.25, 0.3) is 0 Å². The summed E-state index contributed by atoms with van der Waals surface area (Å²) in [5.41, 5.74) is -1.41. The van der Waals surface area contributed by atoms with Crippen molar-refractivity contribution < 1.29 is 24.2 Å². The van der Waals surface area contributed by atoms with E-state index < -0.39 is 17.4 Å². The van der Waals surface area contributed by atoms with Crippen LogP contribution in [-0.4, -0.2) is 48.9 Å². The van der Waals surface area contributed by atoms with Gasteiger partial charge in [0.25, 0.3) is 0 Å². The van der Waals surface area contributed by atoms with E-state index in [1.165, 1.54) is 14.0 Å². The van der Waals surface area contributed by atoms with Crippen molar-refractivity contribution in [2.75, 3.05) is 20.3 Å². The summed E-state index contributed by atoms with van der Waals surface area (Å²) in [5, 5.41) is 11.5. The molecule has 104 valence electrons. The van der Waals surface area contributed by atoms with E-state index in [4.69, 9.17) is 14.6 Å². The Morgan fingerprint density at radius 1 is 1.39 bits per heavy atom. The molecule has 0 aromatic heterocycles. The van der Waals surface area contributed by atoms with E-state index in [9.17, 15) is 9.59 Å². The predicted molar refractivity (Wildman–Crippen MR) is 64.3 cm³/mol. The van der Waals surface area contributed by atoms with E-state index in [1.807, 2.05) is 0 Å². The summed E-state index contributed by atoms with van der Waals surface area (Å²) in [6.45, 7) is 1.22. The summed E-state index contributed by atoms with van der Waals surface area (Å²) in [6.07, 6.45) is 4.34. The van der Waals surface area contributed by atoms with E-state index in [0.29, 0.717) is 0 Å². The number of rotatable bonds is 7. The van der Waals surface area contributed by atoms with Gasteiger partial charge < -0.3 is 19.9 Å². The van der Waals surface area contributed by atoms with Gasteiger partial charge in [-0.25, -0.2) is 4.79 Å². The molecule has 1 unspecified atom stereocenters. The molecule has 1 fully saturated rings. The molecule has 1 amide bonds. The minimum Gasteiger partial charge on any atom is -0.479 e. The van der Waals surface area contributed by atoms with Gasteiger partial charge in [0.15, 0.2) is 5.54 Å². The lowest BCUT2D eigenvalue weighted by Gasteiger charge is -2.25. The van der Waals surface area contributed by atoms with Gasteiger partial charge in [-0.05, 0) is 19.8 Å². The van der Waals surface area contributed by atoms with Crippen molar-refractivity contribution in [2.45, 2.75) is 44.2 Å². The average molecular weight is 259 g/mol. The van der Waals surface area contributed by atoms with Gasteiger partial charge in [-0.1, -0.05) is 12.8 Å². The Bertz CT molecular complexity index is 301. The largest absolute Gasteiger partial charge is 0.479 e. The molecular weight excluding hydrogens is 238 g/mol. The Kier molecular flexibility index (Phi) is 5.55. The molecule has 6 heteroatoms. The first kappa shape index (κ1) is 14.9. The Balaban J connectivity index is 2.38. The maximum atomic E-state index is 11.6. The van der Waals surface area contributed by atoms with Crippen LogP contribution in [0, 0.1) is 0 Å². The average Bonchev–Trinajstić information content (AvgIpc) is 2.79. The Labute approximate surface area is 107 Å². The molecule has 1 aliphatic rings. The van der Waals surface area contributed by atoms with Gasteiger partial charge in [-0.2, -0.15) is 0 Å². The zero-order chi connectivity index (χ0) is 13.6. The van der Waals surface area contributed by atoms with Crippen molar-refractivity contribution in [1.82, 2.24) is 5.32 Å².